The van der Waals surface area contributed by atoms with Gasteiger partial charge in [0.15, 0.2) is 5.08 Å². The van der Waals surface area contributed by atoms with Gasteiger partial charge in [-0.25, -0.2) is 16.8 Å². The second kappa shape index (κ2) is 13.4. The maximum atomic E-state index is 13.7. The monoisotopic (exact) mass is 562 g/mol. The molecule has 0 atom stereocenters. The zero-order chi connectivity index (χ0) is 27.6. The molecule has 8 heteroatoms. The standard InChI is InChI=1S/C31H34N2O4S2/c34-38(35,32(30-21-9-3-10-22-30)25-13-19-28-15-5-1-6-16-28)27-39(36,37)33(31-23-11-4-12-24-31)26-14-20-29-17-7-2-8-18-29/h1-12,15-18,21-24H,13-14,19-20,25-27H2. The number of benzene rings is 4. The molecule has 0 radical (unpaired) electrons. The lowest BCUT2D eigenvalue weighted by molar-refractivity contribution is 0.581. The number of para-hydroxylation sites is 2. The molecule has 0 aliphatic rings. The molecule has 0 aromatic heterocycles. The Morgan fingerprint density at radius 1 is 0.436 bits per heavy atom. The average molecular weight is 563 g/mol. The van der Waals surface area contributed by atoms with Gasteiger partial charge >= 0.3 is 0 Å². The van der Waals surface area contributed by atoms with Gasteiger partial charge in [0.1, 0.15) is 0 Å². The largest absolute Gasteiger partial charge is 0.269 e. The Labute approximate surface area is 232 Å². The van der Waals surface area contributed by atoms with Crippen LogP contribution < -0.4 is 8.61 Å². The van der Waals surface area contributed by atoms with Gasteiger partial charge in [0.2, 0.25) is 0 Å². The molecule has 204 valence electrons. The van der Waals surface area contributed by atoms with E-state index in [1.807, 2.05) is 60.7 Å². The number of aryl methyl sites for hydroxylation is 2. The predicted molar refractivity (Wildman–Crippen MR) is 160 cm³/mol. The first-order valence-electron chi connectivity index (χ1n) is 13.0. The van der Waals surface area contributed by atoms with Crippen molar-refractivity contribution in [3.05, 3.63) is 132 Å². The van der Waals surface area contributed by atoms with Crippen molar-refractivity contribution < 1.29 is 16.8 Å². The summed E-state index contributed by atoms with van der Waals surface area (Å²) in [5.74, 6) is 0. The fourth-order valence-corrected chi connectivity index (χ4v) is 8.73. The number of anilines is 2. The second-order valence-corrected chi connectivity index (χ2v) is 13.5. The molecule has 0 amide bonds. The van der Waals surface area contributed by atoms with Gasteiger partial charge in [0.25, 0.3) is 20.0 Å². The number of rotatable bonds is 14. The summed E-state index contributed by atoms with van der Waals surface area (Å²) in [5.41, 5.74) is 3.11. The predicted octanol–water partition coefficient (Wildman–Crippen LogP) is 5.88. The molecule has 6 nitrogen and oxygen atoms in total. The summed E-state index contributed by atoms with van der Waals surface area (Å²) in [5, 5.41) is -1.01. The summed E-state index contributed by atoms with van der Waals surface area (Å²) in [6, 6.07) is 37.1. The molecule has 0 spiro atoms. The van der Waals surface area contributed by atoms with Gasteiger partial charge in [-0.15, -0.1) is 0 Å². The van der Waals surface area contributed by atoms with E-state index in [1.165, 1.54) is 8.61 Å². The summed E-state index contributed by atoms with van der Waals surface area (Å²) in [6.45, 7) is 0.353. The highest BCUT2D eigenvalue weighted by Crippen LogP contribution is 2.24. The molecule has 0 saturated carbocycles. The van der Waals surface area contributed by atoms with E-state index in [-0.39, 0.29) is 13.1 Å². The zero-order valence-electron chi connectivity index (χ0n) is 21.8. The highest BCUT2D eigenvalue weighted by atomic mass is 32.3. The average Bonchev–Trinajstić information content (AvgIpc) is 2.95. The Hall–Kier alpha value is -3.62. The molecule has 39 heavy (non-hydrogen) atoms. The molecule has 0 saturated heterocycles. The van der Waals surface area contributed by atoms with E-state index in [0.29, 0.717) is 37.1 Å². The van der Waals surface area contributed by atoms with Crippen LogP contribution in [-0.4, -0.2) is 35.0 Å². The van der Waals surface area contributed by atoms with Gasteiger partial charge in [-0.1, -0.05) is 97.1 Å². The smallest absolute Gasteiger partial charge is 0.251 e. The Balaban J connectivity index is 1.55. The lowest BCUT2D eigenvalue weighted by Crippen LogP contribution is -2.42. The van der Waals surface area contributed by atoms with E-state index in [0.717, 1.165) is 11.1 Å². The molecular formula is C31H34N2O4S2. The molecule has 4 aromatic carbocycles. The van der Waals surface area contributed by atoms with Crippen LogP contribution in [0.25, 0.3) is 0 Å². The lowest BCUT2D eigenvalue weighted by Gasteiger charge is -2.28. The van der Waals surface area contributed by atoms with Gasteiger partial charge < -0.3 is 0 Å². The highest BCUT2D eigenvalue weighted by Gasteiger charge is 2.33. The minimum Gasteiger partial charge on any atom is -0.269 e. The van der Waals surface area contributed by atoms with Gasteiger partial charge in [-0.05, 0) is 61.1 Å². The fraction of sp³-hybridized carbons (Fsp3) is 0.226. The van der Waals surface area contributed by atoms with E-state index in [9.17, 15) is 16.8 Å². The third-order valence-corrected chi connectivity index (χ3v) is 10.9. The maximum absolute atomic E-state index is 13.7. The van der Waals surface area contributed by atoms with Crippen LogP contribution in [0.1, 0.15) is 24.0 Å². The number of nitrogens with zero attached hydrogens (tertiary/aromatic N) is 2. The summed E-state index contributed by atoms with van der Waals surface area (Å²) in [4.78, 5) is 0. The van der Waals surface area contributed by atoms with Crippen LogP contribution in [0.5, 0.6) is 0 Å². The van der Waals surface area contributed by atoms with Crippen LogP contribution in [0.15, 0.2) is 121 Å². The molecule has 4 aromatic rings. The van der Waals surface area contributed by atoms with Crippen molar-refractivity contribution in [3.63, 3.8) is 0 Å². The topological polar surface area (TPSA) is 74.8 Å². The van der Waals surface area contributed by atoms with Crippen molar-refractivity contribution in [2.75, 3.05) is 26.8 Å². The van der Waals surface area contributed by atoms with Gasteiger partial charge in [0, 0.05) is 13.1 Å². The summed E-state index contributed by atoms with van der Waals surface area (Å²) in [6.07, 6.45) is 2.47. The Morgan fingerprint density at radius 3 is 1.08 bits per heavy atom. The quantitative estimate of drug-likeness (QED) is 0.192. The molecular weight excluding hydrogens is 528 g/mol. The van der Waals surface area contributed by atoms with Crippen molar-refractivity contribution in [1.82, 2.24) is 0 Å². The normalized spacial score (nSPS) is 11.7. The first-order chi connectivity index (χ1) is 18.9. The van der Waals surface area contributed by atoms with E-state index in [2.05, 4.69) is 0 Å². The van der Waals surface area contributed by atoms with Crippen molar-refractivity contribution in [3.8, 4) is 0 Å². The summed E-state index contributed by atoms with van der Waals surface area (Å²) < 4.78 is 57.4. The van der Waals surface area contributed by atoms with Crippen LogP contribution in [-0.2, 0) is 32.9 Å². The third-order valence-electron chi connectivity index (χ3n) is 6.40. The molecule has 0 aliphatic heterocycles. The van der Waals surface area contributed by atoms with Gasteiger partial charge in [-0.2, -0.15) is 0 Å². The molecule has 0 heterocycles. The number of hydrogen-bond acceptors (Lipinski definition) is 4. The summed E-state index contributed by atoms with van der Waals surface area (Å²) >= 11 is 0. The lowest BCUT2D eigenvalue weighted by atomic mass is 10.1. The van der Waals surface area contributed by atoms with E-state index in [4.69, 9.17) is 0 Å². The molecule has 0 aliphatic carbocycles. The van der Waals surface area contributed by atoms with Crippen LogP contribution in [0.3, 0.4) is 0 Å². The van der Waals surface area contributed by atoms with Crippen LogP contribution >= 0.6 is 0 Å². The second-order valence-electron chi connectivity index (χ2n) is 9.34. The highest BCUT2D eigenvalue weighted by molar-refractivity contribution is 8.09. The number of hydrogen-bond donors (Lipinski definition) is 0. The number of sulfonamides is 2. The molecule has 0 N–H and O–H groups in total. The summed E-state index contributed by atoms with van der Waals surface area (Å²) in [7, 11) is -8.43. The van der Waals surface area contributed by atoms with Crippen LogP contribution in [0, 0.1) is 0 Å². The van der Waals surface area contributed by atoms with E-state index in [1.54, 1.807) is 60.7 Å². The first-order valence-corrected chi connectivity index (χ1v) is 16.3. The fourth-order valence-electron chi connectivity index (χ4n) is 4.50. The van der Waals surface area contributed by atoms with Gasteiger partial charge in [-0.3, -0.25) is 8.61 Å². The van der Waals surface area contributed by atoms with Crippen molar-refractivity contribution in [1.29, 1.82) is 0 Å². The Bertz CT molecular complexity index is 1380. The molecule has 0 fully saturated rings. The Morgan fingerprint density at radius 2 is 0.744 bits per heavy atom. The maximum Gasteiger partial charge on any atom is 0.251 e. The van der Waals surface area contributed by atoms with Crippen molar-refractivity contribution >= 4 is 31.4 Å². The minimum absolute atomic E-state index is 0.177. The first kappa shape index (κ1) is 28.4. The van der Waals surface area contributed by atoms with E-state index >= 15 is 0 Å². The minimum atomic E-state index is -4.21. The molecule has 0 unspecified atom stereocenters. The zero-order valence-corrected chi connectivity index (χ0v) is 23.5. The van der Waals surface area contributed by atoms with Crippen LogP contribution in [0.4, 0.5) is 11.4 Å². The van der Waals surface area contributed by atoms with Crippen LogP contribution in [0.2, 0.25) is 0 Å². The SMILES string of the molecule is O=S(=O)(CS(=O)(=O)N(CCCc1ccccc1)c1ccccc1)N(CCCc1ccccc1)c1ccccc1. The molecule has 0 bridgehead atoms. The van der Waals surface area contributed by atoms with E-state index < -0.39 is 25.1 Å². The van der Waals surface area contributed by atoms with Crippen molar-refractivity contribution in [2.24, 2.45) is 0 Å². The van der Waals surface area contributed by atoms with Crippen molar-refractivity contribution in [2.45, 2.75) is 25.7 Å². The molecule has 4 rings (SSSR count). The third kappa shape index (κ3) is 8.18. The Kier molecular flexibility index (Phi) is 9.79. The van der Waals surface area contributed by atoms with Gasteiger partial charge in [0.05, 0.1) is 11.4 Å².